The first kappa shape index (κ1) is 19.7. The predicted octanol–water partition coefficient (Wildman–Crippen LogP) is 2.93. The Morgan fingerprint density at radius 2 is 1.57 bits per heavy atom. The van der Waals surface area contributed by atoms with Gasteiger partial charge in [-0.05, 0) is 37.6 Å². The van der Waals surface area contributed by atoms with Crippen molar-refractivity contribution in [1.82, 2.24) is 15.1 Å². The highest BCUT2D eigenvalue weighted by molar-refractivity contribution is 5.94. The van der Waals surface area contributed by atoms with Crippen LogP contribution >= 0.6 is 0 Å². The number of ether oxygens (including phenoxy) is 1. The number of hydrogen-bond donors (Lipinski definition) is 1. The molecule has 1 fully saturated rings. The Hall–Kier alpha value is -3.02. The fraction of sp³-hybridized carbons (Fsp3) is 0.364. The van der Waals surface area contributed by atoms with E-state index < -0.39 is 0 Å². The van der Waals surface area contributed by atoms with E-state index in [0.717, 1.165) is 11.3 Å². The van der Waals surface area contributed by atoms with E-state index in [-0.39, 0.29) is 18.0 Å². The van der Waals surface area contributed by atoms with Crippen molar-refractivity contribution in [3.63, 3.8) is 0 Å². The average Bonchev–Trinajstić information content (AvgIpc) is 2.73. The van der Waals surface area contributed by atoms with Gasteiger partial charge in [0.25, 0.3) is 5.91 Å². The zero-order valence-corrected chi connectivity index (χ0v) is 16.4. The first-order chi connectivity index (χ1) is 13.5. The van der Waals surface area contributed by atoms with Gasteiger partial charge in [-0.25, -0.2) is 4.79 Å². The van der Waals surface area contributed by atoms with Crippen LogP contribution in [0.5, 0.6) is 5.75 Å². The van der Waals surface area contributed by atoms with Gasteiger partial charge < -0.3 is 19.9 Å². The third-order valence-corrected chi connectivity index (χ3v) is 4.83. The van der Waals surface area contributed by atoms with Crippen LogP contribution in [0.25, 0.3) is 0 Å². The summed E-state index contributed by atoms with van der Waals surface area (Å²) >= 11 is 0. The van der Waals surface area contributed by atoms with Gasteiger partial charge in [-0.1, -0.05) is 36.4 Å². The van der Waals surface area contributed by atoms with Crippen molar-refractivity contribution >= 4 is 11.9 Å². The van der Waals surface area contributed by atoms with E-state index in [9.17, 15) is 9.59 Å². The van der Waals surface area contributed by atoms with Crippen molar-refractivity contribution in [3.8, 4) is 5.75 Å². The van der Waals surface area contributed by atoms with Crippen LogP contribution in [0, 0.1) is 6.92 Å². The molecule has 2 aromatic carbocycles. The van der Waals surface area contributed by atoms with Crippen molar-refractivity contribution in [1.29, 1.82) is 0 Å². The van der Waals surface area contributed by atoms with Crippen molar-refractivity contribution in [2.24, 2.45) is 0 Å². The molecule has 148 valence electrons. The van der Waals surface area contributed by atoms with Crippen molar-refractivity contribution < 1.29 is 14.3 Å². The maximum atomic E-state index is 12.5. The zero-order valence-electron chi connectivity index (χ0n) is 16.4. The molecule has 0 bridgehead atoms. The molecule has 1 N–H and O–H groups in total. The number of hydrogen-bond acceptors (Lipinski definition) is 3. The molecule has 0 radical (unpaired) electrons. The highest BCUT2D eigenvalue weighted by Gasteiger charge is 2.25. The Balaban J connectivity index is 1.43. The summed E-state index contributed by atoms with van der Waals surface area (Å²) in [7, 11) is 0. The number of rotatable bonds is 5. The third-order valence-electron chi connectivity index (χ3n) is 4.83. The highest BCUT2D eigenvalue weighted by atomic mass is 16.5. The van der Waals surface area contributed by atoms with Crippen LogP contribution < -0.4 is 10.1 Å². The molecular formula is C22H27N3O3. The molecule has 6 nitrogen and oxygen atoms in total. The van der Waals surface area contributed by atoms with Crippen molar-refractivity contribution in [3.05, 3.63) is 65.7 Å². The number of urea groups is 1. The van der Waals surface area contributed by atoms with Crippen LogP contribution in [0.1, 0.15) is 22.8 Å². The highest BCUT2D eigenvalue weighted by Crippen LogP contribution is 2.16. The Morgan fingerprint density at radius 3 is 2.25 bits per heavy atom. The van der Waals surface area contributed by atoms with E-state index in [4.69, 9.17) is 4.74 Å². The van der Waals surface area contributed by atoms with Crippen molar-refractivity contribution in [2.75, 3.05) is 32.8 Å². The van der Waals surface area contributed by atoms with E-state index in [1.807, 2.05) is 68.4 Å². The van der Waals surface area contributed by atoms with E-state index in [1.165, 1.54) is 0 Å². The van der Waals surface area contributed by atoms with Crippen LogP contribution in [-0.2, 0) is 0 Å². The fourth-order valence-corrected chi connectivity index (χ4v) is 3.15. The van der Waals surface area contributed by atoms with Gasteiger partial charge in [0.15, 0.2) is 0 Å². The molecule has 1 aliphatic heterocycles. The first-order valence-corrected chi connectivity index (χ1v) is 9.63. The first-order valence-electron chi connectivity index (χ1n) is 9.63. The molecule has 1 aliphatic rings. The van der Waals surface area contributed by atoms with Crippen LogP contribution in [-0.4, -0.2) is 60.6 Å². The van der Waals surface area contributed by atoms with E-state index in [2.05, 4.69) is 5.32 Å². The topological polar surface area (TPSA) is 61.9 Å². The number of benzene rings is 2. The fourth-order valence-electron chi connectivity index (χ4n) is 3.15. The second kappa shape index (κ2) is 9.26. The molecule has 1 atom stereocenters. The Morgan fingerprint density at radius 1 is 0.964 bits per heavy atom. The average molecular weight is 381 g/mol. The van der Waals surface area contributed by atoms with Gasteiger partial charge in [-0.2, -0.15) is 0 Å². The number of amides is 3. The smallest absolute Gasteiger partial charge is 0.317 e. The summed E-state index contributed by atoms with van der Waals surface area (Å²) in [5.74, 6) is 0.845. The summed E-state index contributed by atoms with van der Waals surface area (Å²) in [6, 6.07) is 16.8. The molecule has 0 spiro atoms. The largest absolute Gasteiger partial charge is 0.491 e. The molecule has 1 saturated heterocycles. The molecule has 28 heavy (non-hydrogen) atoms. The summed E-state index contributed by atoms with van der Waals surface area (Å²) in [6.45, 7) is 6.44. The minimum absolute atomic E-state index is 0.0145. The lowest BCUT2D eigenvalue weighted by Gasteiger charge is -2.35. The molecule has 0 aromatic heterocycles. The second-order valence-corrected chi connectivity index (χ2v) is 7.07. The summed E-state index contributed by atoms with van der Waals surface area (Å²) in [6.07, 6.45) is 0. The lowest BCUT2D eigenvalue weighted by atomic mass is 10.2. The maximum Gasteiger partial charge on any atom is 0.317 e. The molecule has 0 aliphatic carbocycles. The lowest BCUT2D eigenvalue weighted by molar-refractivity contribution is 0.0662. The quantitative estimate of drug-likeness (QED) is 0.866. The number of nitrogens with one attached hydrogen (secondary N) is 1. The summed E-state index contributed by atoms with van der Waals surface area (Å²) < 4.78 is 5.80. The number of para-hydroxylation sites is 1. The monoisotopic (exact) mass is 381 g/mol. The molecular weight excluding hydrogens is 354 g/mol. The van der Waals surface area contributed by atoms with Gasteiger partial charge in [0.2, 0.25) is 0 Å². The molecule has 2 aromatic rings. The van der Waals surface area contributed by atoms with Crippen molar-refractivity contribution in [2.45, 2.75) is 19.9 Å². The Bertz CT molecular complexity index is 802. The van der Waals surface area contributed by atoms with Crippen LogP contribution in [0.2, 0.25) is 0 Å². The minimum Gasteiger partial charge on any atom is -0.491 e. The number of aryl methyl sites for hydroxylation is 1. The summed E-state index contributed by atoms with van der Waals surface area (Å²) in [4.78, 5) is 28.5. The second-order valence-electron chi connectivity index (χ2n) is 7.07. The van der Waals surface area contributed by atoms with Gasteiger partial charge >= 0.3 is 6.03 Å². The number of carbonyl (C=O) groups is 2. The lowest BCUT2D eigenvalue weighted by Crippen LogP contribution is -2.54. The SMILES string of the molecule is Cc1ccccc1OC[C@@H](C)NC(=O)N1CCN(C(=O)c2ccccc2)CC1. The third kappa shape index (κ3) is 5.03. The van der Waals surface area contributed by atoms with Crippen LogP contribution in [0.3, 0.4) is 0 Å². The normalized spacial score (nSPS) is 15.1. The predicted molar refractivity (Wildman–Crippen MR) is 109 cm³/mol. The van der Waals surface area contributed by atoms with E-state index >= 15 is 0 Å². The molecule has 0 unspecified atom stereocenters. The van der Waals surface area contributed by atoms with Gasteiger partial charge in [0, 0.05) is 31.7 Å². The summed E-state index contributed by atoms with van der Waals surface area (Å²) in [5, 5.41) is 2.97. The Labute approximate surface area is 166 Å². The van der Waals surface area contributed by atoms with Crippen LogP contribution in [0.15, 0.2) is 54.6 Å². The van der Waals surface area contributed by atoms with Gasteiger partial charge in [-0.15, -0.1) is 0 Å². The van der Waals surface area contributed by atoms with Crippen LogP contribution in [0.4, 0.5) is 4.79 Å². The number of piperazine rings is 1. The summed E-state index contributed by atoms with van der Waals surface area (Å²) in [5.41, 5.74) is 1.75. The maximum absolute atomic E-state index is 12.5. The standard InChI is InChI=1S/C22H27N3O3/c1-17-8-6-7-11-20(17)28-16-18(2)23-22(27)25-14-12-24(13-15-25)21(26)19-9-4-3-5-10-19/h3-11,18H,12-16H2,1-2H3,(H,23,27)/t18-/m1/s1. The van der Waals surface area contributed by atoms with E-state index in [1.54, 1.807) is 9.80 Å². The van der Waals surface area contributed by atoms with Gasteiger partial charge in [0.1, 0.15) is 12.4 Å². The number of nitrogens with zero attached hydrogens (tertiary/aromatic N) is 2. The molecule has 1 heterocycles. The molecule has 0 saturated carbocycles. The molecule has 3 amide bonds. The zero-order chi connectivity index (χ0) is 19.9. The molecule has 6 heteroatoms. The van der Waals surface area contributed by atoms with Gasteiger partial charge in [-0.3, -0.25) is 4.79 Å². The van der Waals surface area contributed by atoms with Gasteiger partial charge in [0.05, 0.1) is 6.04 Å². The number of carbonyl (C=O) groups excluding carboxylic acids is 2. The minimum atomic E-state index is -0.118. The molecule has 3 rings (SSSR count). The van der Waals surface area contributed by atoms with E-state index in [0.29, 0.717) is 38.3 Å². The Kier molecular flexibility index (Phi) is 6.53.